The van der Waals surface area contributed by atoms with Gasteiger partial charge in [-0.05, 0) is 23.8 Å². The highest BCUT2D eigenvalue weighted by Crippen LogP contribution is 2.46. The molecule has 0 aromatic heterocycles. The molecule has 1 unspecified atom stereocenters. The van der Waals surface area contributed by atoms with E-state index >= 15 is 0 Å². The third-order valence-corrected chi connectivity index (χ3v) is 3.08. The summed E-state index contributed by atoms with van der Waals surface area (Å²) in [5.74, 6) is 1.40. The van der Waals surface area contributed by atoms with E-state index in [1.54, 1.807) is 0 Å². The molecule has 1 heteroatoms. The van der Waals surface area contributed by atoms with Gasteiger partial charge in [0, 0.05) is 5.92 Å². The molecule has 0 saturated heterocycles. The molecule has 0 N–H and O–H groups in total. The van der Waals surface area contributed by atoms with Gasteiger partial charge in [0.15, 0.2) is 0 Å². The fourth-order valence-corrected chi connectivity index (χ4v) is 2.34. The predicted molar refractivity (Wildman–Crippen MR) is 52.5 cm³/mol. The van der Waals surface area contributed by atoms with E-state index in [0.29, 0.717) is 11.8 Å². The van der Waals surface area contributed by atoms with Crippen molar-refractivity contribution in [3.63, 3.8) is 0 Å². The van der Waals surface area contributed by atoms with Crippen LogP contribution in [0.4, 0.5) is 0 Å². The zero-order valence-electron chi connectivity index (χ0n) is 7.81. The van der Waals surface area contributed by atoms with Gasteiger partial charge in [0.05, 0.1) is 0 Å². The summed E-state index contributed by atoms with van der Waals surface area (Å²) >= 11 is 0. The van der Waals surface area contributed by atoms with Crippen molar-refractivity contribution >= 4 is 6.29 Å². The van der Waals surface area contributed by atoms with Gasteiger partial charge >= 0.3 is 0 Å². The van der Waals surface area contributed by atoms with Gasteiger partial charge in [-0.2, -0.15) is 0 Å². The van der Waals surface area contributed by atoms with Crippen LogP contribution in [-0.2, 0) is 4.79 Å². The molecule has 1 fully saturated rings. The van der Waals surface area contributed by atoms with Gasteiger partial charge in [0.25, 0.3) is 0 Å². The summed E-state index contributed by atoms with van der Waals surface area (Å²) in [6, 6.07) is 10.3. The molecule has 1 aliphatic rings. The van der Waals surface area contributed by atoms with Gasteiger partial charge in [-0.1, -0.05) is 37.3 Å². The van der Waals surface area contributed by atoms with Crippen LogP contribution in [0.3, 0.4) is 0 Å². The van der Waals surface area contributed by atoms with Crippen LogP contribution < -0.4 is 0 Å². The third-order valence-electron chi connectivity index (χ3n) is 3.08. The molecule has 0 aliphatic heterocycles. The molecule has 1 aromatic rings. The maximum absolute atomic E-state index is 10.7. The zero-order chi connectivity index (χ0) is 9.26. The van der Waals surface area contributed by atoms with Crippen molar-refractivity contribution in [3.05, 3.63) is 35.9 Å². The molecule has 13 heavy (non-hydrogen) atoms. The van der Waals surface area contributed by atoms with E-state index in [0.717, 1.165) is 12.7 Å². The fourth-order valence-electron chi connectivity index (χ4n) is 2.34. The molecule has 68 valence electrons. The van der Waals surface area contributed by atoms with Gasteiger partial charge in [-0.15, -0.1) is 0 Å². The van der Waals surface area contributed by atoms with Gasteiger partial charge in [-0.3, -0.25) is 0 Å². The highest BCUT2D eigenvalue weighted by molar-refractivity contribution is 5.58. The van der Waals surface area contributed by atoms with E-state index in [2.05, 4.69) is 19.1 Å². The van der Waals surface area contributed by atoms with Crippen molar-refractivity contribution in [2.75, 3.05) is 0 Å². The summed E-state index contributed by atoms with van der Waals surface area (Å²) in [5.41, 5.74) is 1.32. The van der Waals surface area contributed by atoms with Crippen molar-refractivity contribution in [2.24, 2.45) is 11.8 Å². The maximum Gasteiger partial charge on any atom is 0.123 e. The SMILES string of the molecule is C[C@@H]1C[C@H](C=O)C1c1ccccc1. The summed E-state index contributed by atoms with van der Waals surface area (Å²) < 4.78 is 0. The summed E-state index contributed by atoms with van der Waals surface area (Å²) in [6.45, 7) is 2.22. The Morgan fingerprint density at radius 1 is 1.31 bits per heavy atom. The van der Waals surface area contributed by atoms with Crippen LogP contribution in [0.5, 0.6) is 0 Å². The average Bonchev–Trinajstić information content (AvgIpc) is 2.15. The molecule has 0 radical (unpaired) electrons. The summed E-state index contributed by atoms with van der Waals surface area (Å²) in [6.07, 6.45) is 2.17. The highest BCUT2D eigenvalue weighted by Gasteiger charge is 2.38. The first-order valence-electron chi connectivity index (χ1n) is 4.83. The molecular weight excluding hydrogens is 160 g/mol. The maximum atomic E-state index is 10.7. The second-order valence-corrected chi connectivity index (χ2v) is 3.95. The average molecular weight is 174 g/mol. The van der Waals surface area contributed by atoms with Gasteiger partial charge < -0.3 is 4.79 Å². The first-order valence-corrected chi connectivity index (χ1v) is 4.83. The van der Waals surface area contributed by atoms with Crippen molar-refractivity contribution in [2.45, 2.75) is 19.3 Å². The minimum Gasteiger partial charge on any atom is -0.303 e. The zero-order valence-corrected chi connectivity index (χ0v) is 7.81. The van der Waals surface area contributed by atoms with Gasteiger partial charge in [0.2, 0.25) is 0 Å². The monoisotopic (exact) mass is 174 g/mol. The lowest BCUT2D eigenvalue weighted by atomic mass is 9.63. The lowest BCUT2D eigenvalue weighted by Gasteiger charge is -2.40. The Morgan fingerprint density at radius 2 is 2.00 bits per heavy atom. The molecule has 1 nitrogen and oxygen atoms in total. The molecule has 1 saturated carbocycles. The largest absolute Gasteiger partial charge is 0.303 e. The lowest BCUT2D eigenvalue weighted by Crippen LogP contribution is -2.33. The van der Waals surface area contributed by atoms with Gasteiger partial charge in [0.1, 0.15) is 6.29 Å². The van der Waals surface area contributed by atoms with Crippen LogP contribution >= 0.6 is 0 Å². The molecular formula is C12H14O. The van der Waals surface area contributed by atoms with E-state index < -0.39 is 0 Å². The molecule has 1 aromatic carbocycles. The Balaban J connectivity index is 2.21. The van der Waals surface area contributed by atoms with E-state index in [1.165, 1.54) is 5.56 Å². The molecule has 0 heterocycles. The van der Waals surface area contributed by atoms with E-state index in [-0.39, 0.29) is 5.92 Å². The standard InChI is InChI=1S/C12H14O/c1-9-7-11(8-13)12(9)10-5-3-2-4-6-10/h2-6,8-9,11-12H,7H2,1H3/t9-,11-,12?/m1/s1. The Kier molecular flexibility index (Phi) is 2.17. The topological polar surface area (TPSA) is 17.1 Å². The number of hydrogen-bond donors (Lipinski definition) is 0. The number of carbonyl (C=O) groups is 1. The Morgan fingerprint density at radius 3 is 2.54 bits per heavy atom. The van der Waals surface area contributed by atoms with Crippen LogP contribution in [0, 0.1) is 11.8 Å². The number of aldehydes is 1. The Labute approximate surface area is 78.8 Å². The molecule has 1 aliphatic carbocycles. The van der Waals surface area contributed by atoms with Crippen LogP contribution in [-0.4, -0.2) is 6.29 Å². The summed E-state index contributed by atoms with van der Waals surface area (Å²) in [5, 5.41) is 0. The smallest absolute Gasteiger partial charge is 0.123 e. The normalized spacial score (nSPS) is 32.2. The number of benzene rings is 1. The quantitative estimate of drug-likeness (QED) is 0.630. The lowest BCUT2D eigenvalue weighted by molar-refractivity contribution is -0.115. The first-order chi connectivity index (χ1) is 6.33. The van der Waals surface area contributed by atoms with E-state index in [4.69, 9.17) is 0 Å². The minimum absolute atomic E-state index is 0.261. The van der Waals surface area contributed by atoms with Crippen molar-refractivity contribution in [3.8, 4) is 0 Å². The van der Waals surface area contributed by atoms with Crippen molar-refractivity contribution in [1.29, 1.82) is 0 Å². The third kappa shape index (κ3) is 1.39. The second-order valence-electron chi connectivity index (χ2n) is 3.95. The van der Waals surface area contributed by atoms with Crippen molar-refractivity contribution in [1.82, 2.24) is 0 Å². The van der Waals surface area contributed by atoms with Crippen LogP contribution in [0.2, 0.25) is 0 Å². The summed E-state index contributed by atoms with van der Waals surface area (Å²) in [7, 11) is 0. The predicted octanol–water partition coefficient (Wildman–Crippen LogP) is 2.63. The van der Waals surface area contributed by atoms with Crippen LogP contribution in [0.15, 0.2) is 30.3 Å². The Hall–Kier alpha value is -1.11. The molecule has 2 rings (SSSR count). The number of carbonyl (C=O) groups excluding carboxylic acids is 1. The summed E-state index contributed by atoms with van der Waals surface area (Å²) in [4.78, 5) is 10.7. The number of rotatable bonds is 2. The van der Waals surface area contributed by atoms with Gasteiger partial charge in [-0.25, -0.2) is 0 Å². The fraction of sp³-hybridized carbons (Fsp3) is 0.417. The number of hydrogen-bond acceptors (Lipinski definition) is 1. The van der Waals surface area contributed by atoms with E-state index in [9.17, 15) is 4.79 Å². The first kappa shape index (κ1) is 8.49. The molecule has 0 amide bonds. The second kappa shape index (κ2) is 3.33. The molecule has 0 spiro atoms. The molecule has 3 atom stereocenters. The minimum atomic E-state index is 0.261. The molecule has 0 bridgehead atoms. The highest BCUT2D eigenvalue weighted by atomic mass is 16.1. The Bertz CT molecular complexity index is 291. The van der Waals surface area contributed by atoms with E-state index in [1.807, 2.05) is 18.2 Å². The van der Waals surface area contributed by atoms with Crippen molar-refractivity contribution < 1.29 is 4.79 Å². The van der Waals surface area contributed by atoms with Crippen LogP contribution in [0.1, 0.15) is 24.8 Å². The van der Waals surface area contributed by atoms with Crippen LogP contribution in [0.25, 0.3) is 0 Å².